The molecule has 1 aromatic rings. The predicted molar refractivity (Wildman–Crippen MR) is 84.1 cm³/mol. The minimum atomic E-state index is -1.07. The number of nitrogens with two attached hydrogens (primary N) is 1. The lowest BCUT2D eigenvalue weighted by atomic mass is 9.71. The highest BCUT2D eigenvalue weighted by molar-refractivity contribution is 5.51. The number of phenolic OH excluding ortho intramolecular Hbond substituents is 2. The third-order valence-corrected chi connectivity index (χ3v) is 5.07. The first-order valence-corrected chi connectivity index (χ1v) is 7.86. The lowest BCUT2D eigenvalue weighted by Gasteiger charge is -2.52. The molecule has 2 aliphatic rings. The van der Waals surface area contributed by atoms with E-state index in [0.29, 0.717) is 24.3 Å². The number of ether oxygens (including phenoxy) is 2. The Morgan fingerprint density at radius 2 is 1.65 bits per heavy atom. The van der Waals surface area contributed by atoms with Crippen LogP contribution in [0, 0.1) is 5.41 Å². The standard InChI is InChI=1S/C17H25NO5/c1-15(2)8-22-16(3,23-9-15)17(18)6-10-11(19)4-5-12(20)14(10)13(21)7-17/h4-5,13,19-21H,6-9,18H2,1-3H3. The molecule has 5 N–H and O–H groups in total. The molecule has 23 heavy (non-hydrogen) atoms. The largest absolute Gasteiger partial charge is 0.508 e. The van der Waals surface area contributed by atoms with Crippen molar-refractivity contribution in [2.45, 2.75) is 51.0 Å². The van der Waals surface area contributed by atoms with Gasteiger partial charge in [0.25, 0.3) is 0 Å². The SMILES string of the molecule is CC1(C)COC(C)(C2(N)Cc3c(O)ccc(O)c3C(O)C2)OC1. The Morgan fingerprint density at radius 1 is 1.09 bits per heavy atom. The van der Waals surface area contributed by atoms with Crippen LogP contribution in [-0.2, 0) is 15.9 Å². The first-order chi connectivity index (χ1) is 10.6. The average Bonchev–Trinajstić information content (AvgIpc) is 2.46. The molecule has 6 nitrogen and oxygen atoms in total. The molecular formula is C17H25NO5. The summed E-state index contributed by atoms with van der Waals surface area (Å²) in [5.74, 6) is -1.10. The molecule has 2 unspecified atom stereocenters. The van der Waals surface area contributed by atoms with Crippen LogP contribution in [0.3, 0.4) is 0 Å². The van der Waals surface area contributed by atoms with E-state index >= 15 is 0 Å². The normalized spacial score (nSPS) is 32.3. The first kappa shape index (κ1) is 16.5. The number of phenols is 2. The highest BCUT2D eigenvalue weighted by Crippen LogP contribution is 2.48. The molecule has 1 heterocycles. The average molecular weight is 323 g/mol. The Bertz CT molecular complexity index is 620. The topological polar surface area (TPSA) is 105 Å². The number of fused-ring (bicyclic) bond motifs is 1. The van der Waals surface area contributed by atoms with Crippen LogP contribution < -0.4 is 5.73 Å². The molecule has 0 saturated carbocycles. The van der Waals surface area contributed by atoms with Crippen molar-refractivity contribution in [1.29, 1.82) is 0 Å². The van der Waals surface area contributed by atoms with Crippen molar-refractivity contribution in [3.8, 4) is 11.5 Å². The molecular weight excluding hydrogens is 298 g/mol. The molecule has 0 bridgehead atoms. The van der Waals surface area contributed by atoms with E-state index < -0.39 is 17.4 Å². The summed E-state index contributed by atoms with van der Waals surface area (Å²) in [6.07, 6.45) is -0.570. The van der Waals surface area contributed by atoms with Gasteiger partial charge in [-0.05, 0) is 25.5 Å². The van der Waals surface area contributed by atoms with Gasteiger partial charge >= 0.3 is 0 Å². The first-order valence-electron chi connectivity index (χ1n) is 7.86. The Hall–Kier alpha value is -1.34. The third kappa shape index (κ3) is 2.59. The van der Waals surface area contributed by atoms with Gasteiger partial charge in [0, 0.05) is 23.0 Å². The van der Waals surface area contributed by atoms with Crippen molar-refractivity contribution in [3.05, 3.63) is 23.3 Å². The van der Waals surface area contributed by atoms with Crippen LogP contribution in [0.1, 0.15) is 44.4 Å². The Labute approximate surface area is 135 Å². The van der Waals surface area contributed by atoms with E-state index in [1.54, 1.807) is 6.92 Å². The Balaban J connectivity index is 1.97. The van der Waals surface area contributed by atoms with Crippen LogP contribution >= 0.6 is 0 Å². The fourth-order valence-electron chi connectivity index (χ4n) is 3.42. The molecule has 1 aromatic carbocycles. The summed E-state index contributed by atoms with van der Waals surface area (Å²) in [6, 6.07) is 2.78. The van der Waals surface area contributed by atoms with Gasteiger partial charge in [-0.15, -0.1) is 0 Å². The van der Waals surface area contributed by atoms with E-state index in [4.69, 9.17) is 15.2 Å². The monoisotopic (exact) mass is 323 g/mol. The van der Waals surface area contributed by atoms with Gasteiger partial charge in [-0.3, -0.25) is 0 Å². The van der Waals surface area contributed by atoms with Crippen LogP contribution in [0.5, 0.6) is 11.5 Å². The zero-order valence-electron chi connectivity index (χ0n) is 13.8. The maximum absolute atomic E-state index is 10.5. The Morgan fingerprint density at radius 3 is 2.26 bits per heavy atom. The van der Waals surface area contributed by atoms with Crippen molar-refractivity contribution < 1.29 is 24.8 Å². The summed E-state index contributed by atoms with van der Waals surface area (Å²) >= 11 is 0. The van der Waals surface area contributed by atoms with Crippen LogP contribution in [0.25, 0.3) is 0 Å². The molecule has 0 amide bonds. The van der Waals surface area contributed by atoms with Gasteiger partial charge in [0.15, 0.2) is 5.79 Å². The molecule has 6 heteroatoms. The number of aliphatic hydroxyl groups is 1. The molecule has 1 saturated heterocycles. The maximum Gasteiger partial charge on any atom is 0.183 e. The lowest BCUT2D eigenvalue weighted by Crippen LogP contribution is -2.67. The quantitative estimate of drug-likeness (QED) is 0.585. The van der Waals surface area contributed by atoms with Crippen LogP contribution in [0.15, 0.2) is 12.1 Å². The zero-order valence-corrected chi connectivity index (χ0v) is 13.8. The van der Waals surface area contributed by atoms with E-state index in [1.165, 1.54) is 12.1 Å². The molecule has 0 radical (unpaired) electrons. The van der Waals surface area contributed by atoms with Crippen molar-refractivity contribution in [2.75, 3.05) is 13.2 Å². The van der Waals surface area contributed by atoms with Gasteiger partial charge in [-0.2, -0.15) is 0 Å². The second kappa shape index (κ2) is 5.08. The molecule has 1 fully saturated rings. The van der Waals surface area contributed by atoms with Crippen molar-refractivity contribution in [2.24, 2.45) is 11.1 Å². The molecule has 0 aromatic heterocycles. The fraction of sp³-hybridized carbons (Fsp3) is 0.647. The fourth-order valence-corrected chi connectivity index (χ4v) is 3.42. The molecule has 3 rings (SSSR count). The van der Waals surface area contributed by atoms with Gasteiger partial charge in [-0.1, -0.05) is 13.8 Å². The number of rotatable bonds is 1. The molecule has 0 spiro atoms. The van der Waals surface area contributed by atoms with Gasteiger partial charge in [-0.25, -0.2) is 0 Å². The van der Waals surface area contributed by atoms with Gasteiger partial charge in [0.1, 0.15) is 11.5 Å². The van der Waals surface area contributed by atoms with E-state index in [2.05, 4.69) is 0 Å². The van der Waals surface area contributed by atoms with Crippen molar-refractivity contribution in [3.63, 3.8) is 0 Å². The van der Waals surface area contributed by atoms with Crippen molar-refractivity contribution in [1.82, 2.24) is 0 Å². The van der Waals surface area contributed by atoms with E-state index in [9.17, 15) is 15.3 Å². The second-order valence-corrected chi connectivity index (χ2v) is 7.74. The summed E-state index contributed by atoms with van der Waals surface area (Å²) in [5.41, 5.74) is 6.26. The predicted octanol–water partition coefficient (Wildman–Crippen LogP) is 1.56. The summed E-state index contributed by atoms with van der Waals surface area (Å²) in [4.78, 5) is 0. The Kier molecular flexibility index (Phi) is 3.65. The maximum atomic E-state index is 10.5. The number of benzene rings is 1. The second-order valence-electron chi connectivity index (χ2n) is 7.74. The minimum Gasteiger partial charge on any atom is -0.508 e. The van der Waals surface area contributed by atoms with Crippen molar-refractivity contribution >= 4 is 0 Å². The zero-order chi connectivity index (χ0) is 17.0. The highest BCUT2D eigenvalue weighted by Gasteiger charge is 2.54. The van der Waals surface area contributed by atoms with Gasteiger partial charge in [0.05, 0.1) is 24.9 Å². The number of aliphatic hydroxyl groups excluding tert-OH is 1. The summed E-state index contributed by atoms with van der Waals surface area (Å²) in [5, 5.41) is 30.6. The van der Waals surface area contributed by atoms with Crippen LogP contribution in [0.2, 0.25) is 0 Å². The van der Waals surface area contributed by atoms with Gasteiger partial charge < -0.3 is 30.5 Å². The van der Waals surface area contributed by atoms with Crippen LogP contribution in [0.4, 0.5) is 0 Å². The third-order valence-electron chi connectivity index (χ3n) is 5.07. The molecule has 1 aliphatic carbocycles. The molecule has 128 valence electrons. The van der Waals surface area contributed by atoms with E-state index in [0.717, 1.165) is 0 Å². The minimum absolute atomic E-state index is 0.00566. The highest BCUT2D eigenvalue weighted by atomic mass is 16.7. The van der Waals surface area contributed by atoms with Crippen LogP contribution in [-0.4, -0.2) is 39.9 Å². The molecule has 1 aliphatic heterocycles. The summed E-state index contributed by atoms with van der Waals surface area (Å²) in [6.45, 7) is 6.87. The lowest BCUT2D eigenvalue weighted by molar-refractivity contribution is -0.321. The van der Waals surface area contributed by atoms with E-state index in [1.807, 2.05) is 13.8 Å². The smallest absolute Gasteiger partial charge is 0.183 e. The van der Waals surface area contributed by atoms with E-state index in [-0.39, 0.29) is 29.8 Å². The number of aromatic hydroxyl groups is 2. The number of hydrogen-bond donors (Lipinski definition) is 4. The van der Waals surface area contributed by atoms with Gasteiger partial charge in [0.2, 0.25) is 0 Å². The number of hydrogen-bond acceptors (Lipinski definition) is 6. The summed E-state index contributed by atoms with van der Waals surface area (Å²) in [7, 11) is 0. The molecule has 2 atom stereocenters. The summed E-state index contributed by atoms with van der Waals surface area (Å²) < 4.78 is 11.9.